The van der Waals surface area contributed by atoms with E-state index in [0.717, 1.165) is 61.0 Å². The zero-order valence-corrected chi connectivity index (χ0v) is 18.9. The zero-order chi connectivity index (χ0) is 23.2. The molecular weight excluding hydrogens is 430 g/mol. The molecule has 10 heteroatoms. The lowest BCUT2D eigenvalue weighted by molar-refractivity contribution is -0.121. The van der Waals surface area contributed by atoms with Crippen LogP contribution in [0, 0.1) is 0 Å². The highest BCUT2D eigenvalue weighted by Crippen LogP contribution is 2.24. The minimum atomic E-state index is 0.0379. The van der Waals surface area contributed by atoms with E-state index in [9.17, 15) is 4.79 Å². The van der Waals surface area contributed by atoms with Gasteiger partial charge in [-0.2, -0.15) is 5.10 Å². The number of anilines is 2. The molecule has 0 radical (unpaired) electrons. The summed E-state index contributed by atoms with van der Waals surface area (Å²) in [5, 5.41) is 8.41. The maximum atomic E-state index is 12.2. The number of aryl methyl sites for hydroxylation is 1. The van der Waals surface area contributed by atoms with Gasteiger partial charge in [0.05, 0.1) is 18.1 Å². The lowest BCUT2D eigenvalue weighted by Crippen LogP contribution is -2.47. The second-order valence-corrected chi connectivity index (χ2v) is 8.16. The normalized spacial score (nSPS) is 13.9. The molecule has 0 unspecified atom stereocenters. The Morgan fingerprint density at radius 1 is 0.912 bits per heavy atom. The second-order valence-electron chi connectivity index (χ2n) is 8.16. The fraction of sp³-hybridized carbons (Fsp3) is 0.333. The first-order valence-electron chi connectivity index (χ1n) is 11.5. The summed E-state index contributed by atoms with van der Waals surface area (Å²) in [7, 11) is 0. The summed E-state index contributed by atoms with van der Waals surface area (Å²) in [6, 6.07) is 11.9. The number of fused-ring (bicyclic) bond motifs is 1. The van der Waals surface area contributed by atoms with Gasteiger partial charge >= 0.3 is 0 Å². The van der Waals surface area contributed by atoms with E-state index < -0.39 is 0 Å². The fourth-order valence-corrected chi connectivity index (χ4v) is 4.16. The van der Waals surface area contributed by atoms with Crippen LogP contribution in [0.25, 0.3) is 11.0 Å². The largest absolute Gasteiger partial charge is 0.354 e. The van der Waals surface area contributed by atoms with Crippen molar-refractivity contribution in [2.45, 2.75) is 19.4 Å². The van der Waals surface area contributed by atoms with Crippen molar-refractivity contribution in [3.63, 3.8) is 0 Å². The number of benzene rings is 1. The summed E-state index contributed by atoms with van der Waals surface area (Å²) in [6.07, 6.45) is 8.13. The second kappa shape index (κ2) is 10.2. The van der Waals surface area contributed by atoms with Crippen LogP contribution in [0.1, 0.15) is 12.0 Å². The fourth-order valence-electron chi connectivity index (χ4n) is 4.16. The molecule has 1 fully saturated rings. The van der Waals surface area contributed by atoms with E-state index in [1.165, 1.54) is 0 Å². The summed E-state index contributed by atoms with van der Waals surface area (Å²) in [6.45, 7) is 4.31. The first-order valence-corrected chi connectivity index (χ1v) is 11.5. The Kier molecular flexibility index (Phi) is 6.55. The minimum Gasteiger partial charge on any atom is -0.354 e. The molecule has 1 aromatic carbocycles. The number of carbonyl (C=O) groups is 1. The Balaban J connectivity index is 1.16. The van der Waals surface area contributed by atoms with Gasteiger partial charge in [-0.3, -0.25) is 4.79 Å². The molecule has 3 aromatic heterocycles. The van der Waals surface area contributed by atoms with Crippen LogP contribution in [0.15, 0.2) is 61.3 Å². The first-order chi connectivity index (χ1) is 16.8. The van der Waals surface area contributed by atoms with Gasteiger partial charge in [-0.05, 0) is 18.1 Å². The average molecular weight is 458 g/mol. The summed E-state index contributed by atoms with van der Waals surface area (Å²) < 4.78 is 1.83. The van der Waals surface area contributed by atoms with Gasteiger partial charge < -0.3 is 15.1 Å². The van der Waals surface area contributed by atoms with Gasteiger partial charge in [0, 0.05) is 51.5 Å². The Morgan fingerprint density at radius 2 is 1.68 bits per heavy atom. The van der Waals surface area contributed by atoms with E-state index in [4.69, 9.17) is 0 Å². The van der Waals surface area contributed by atoms with E-state index in [1.54, 1.807) is 18.7 Å². The predicted molar refractivity (Wildman–Crippen MR) is 130 cm³/mol. The third kappa shape index (κ3) is 4.95. The van der Waals surface area contributed by atoms with Crippen molar-refractivity contribution >= 4 is 28.7 Å². The number of rotatable bonds is 8. The van der Waals surface area contributed by atoms with Gasteiger partial charge in [-0.1, -0.05) is 30.3 Å². The summed E-state index contributed by atoms with van der Waals surface area (Å²) >= 11 is 0. The molecule has 10 nitrogen and oxygen atoms in total. The molecule has 0 bridgehead atoms. The molecule has 4 aromatic rings. The van der Waals surface area contributed by atoms with Crippen molar-refractivity contribution in [2.75, 3.05) is 42.5 Å². The lowest BCUT2D eigenvalue weighted by atomic mass is 10.1. The number of carbonyl (C=O) groups excluding carboxylic acids is 1. The third-order valence-electron chi connectivity index (χ3n) is 5.96. The number of hydrogen-bond acceptors (Lipinski definition) is 8. The molecule has 1 saturated heterocycles. The molecule has 0 saturated carbocycles. The molecule has 0 atom stereocenters. The van der Waals surface area contributed by atoms with Crippen LogP contribution >= 0.6 is 0 Å². The lowest BCUT2D eigenvalue weighted by Gasteiger charge is -2.35. The summed E-state index contributed by atoms with van der Waals surface area (Å²) in [4.78, 5) is 34.3. The van der Waals surface area contributed by atoms with Crippen molar-refractivity contribution in [2.24, 2.45) is 0 Å². The number of aromatic nitrogens is 6. The molecule has 0 spiro atoms. The van der Waals surface area contributed by atoms with Crippen LogP contribution in [0.2, 0.25) is 0 Å². The van der Waals surface area contributed by atoms with Crippen molar-refractivity contribution in [1.29, 1.82) is 0 Å². The van der Waals surface area contributed by atoms with Gasteiger partial charge in [0.25, 0.3) is 0 Å². The maximum absolute atomic E-state index is 12.2. The zero-order valence-electron chi connectivity index (χ0n) is 18.9. The first kappa shape index (κ1) is 21.7. The Morgan fingerprint density at radius 3 is 2.47 bits per heavy atom. The quantitative estimate of drug-likeness (QED) is 0.426. The average Bonchev–Trinajstić information content (AvgIpc) is 3.32. The van der Waals surface area contributed by atoms with E-state index >= 15 is 0 Å². The number of nitrogens with zero attached hydrogens (tertiary/aromatic N) is 8. The van der Waals surface area contributed by atoms with Crippen LogP contribution in [-0.4, -0.2) is 68.3 Å². The van der Waals surface area contributed by atoms with Gasteiger partial charge in [0.15, 0.2) is 5.65 Å². The van der Waals surface area contributed by atoms with Crippen molar-refractivity contribution in [1.82, 2.24) is 35.0 Å². The molecule has 1 aliphatic heterocycles. The molecule has 5 rings (SSSR count). The van der Waals surface area contributed by atoms with Gasteiger partial charge in [0.1, 0.15) is 12.1 Å². The SMILES string of the molecule is O=C(CCc1ccccc1)NCCn1ncc2c(N3CCN(c4ncccn4)CC3)ncnc21. The van der Waals surface area contributed by atoms with Crippen LogP contribution in [0.5, 0.6) is 0 Å². The highest BCUT2D eigenvalue weighted by molar-refractivity contribution is 5.86. The highest BCUT2D eigenvalue weighted by atomic mass is 16.1. The molecule has 34 heavy (non-hydrogen) atoms. The standard InChI is InChI=1S/C24H27N9O/c34-21(8-7-19-5-2-1-3-6-19)25-11-12-33-23-20(17-30-33)22(28-18-29-23)31-13-15-32(16-14-31)24-26-9-4-10-27-24/h1-6,9-10,17-18H,7-8,11-16H2,(H,25,34). The number of hydrogen-bond donors (Lipinski definition) is 1. The van der Waals surface area contributed by atoms with Crippen LogP contribution in [-0.2, 0) is 17.8 Å². The van der Waals surface area contributed by atoms with Crippen molar-refractivity contribution in [3.8, 4) is 0 Å². The number of piperazine rings is 1. The van der Waals surface area contributed by atoms with E-state index in [-0.39, 0.29) is 5.91 Å². The third-order valence-corrected chi connectivity index (χ3v) is 5.96. The monoisotopic (exact) mass is 457 g/mol. The van der Waals surface area contributed by atoms with E-state index in [0.29, 0.717) is 19.5 Å². The van der Waals surface area contributed by atoms with Gasteiger partial charge in [-0.15, -0.1) is 0 Å². The molecule has 0 aliphatic carbocycles. The minimum absolute atomic E-state index is 0.0379. The smallest absolute Gasteiger partial charge is 0.225 e. The van der Waals surface area contributed by atoms with Crippen LogP contribution in [0.4, 0.5) is 11.8 Å². The van der Waals surface area contributed by atoms with Crippen molar-refractivity contribution < 1.29 is 4.79 Å². The predicted octanol–water partition coefficient (Wildman–Crippen LogP) is 1.69. The van der Waals surface area contributed by atoms with E-state index in [1.807, 2.05) is 47.3 Å². The van der Waals surface area contributed by atoms with Crippen molar-refractivity contribution in [3.05, 3.63) is 66.9 Å². The van der Waals surface area contributed by atoms with Gasteiger partial charge in [-0.25, -0.2) is 24.6 Å². The maximum Gasteiger partial charge on any atom is 0.225 e. The van der Waals surface area contributed by atoms with Crippen LogP contribution < -0.4 is 15.1 Å². The molecular formula is C24H27N9O. The molecule has 1 aliphatic rings. The summed E-state index contributed by atoms with van der Waals surface area (Å²) in [5.74, 6) is 1.68. The Bertz CT molecular complexity index is 1220. The number of nitrogens with one attached hydrogen (secondary N) is 1. The molecule has 1 N–H and O–H groups in total. The number of amides is 1. The topological polar surface area (TPSA) is 105 Å². The Hall–Kier alpha value is -4.08. The van der Waals surface area contributed by atoms with Crippen LogP contribution in [0.3, 0.4) is 0 Å². The van der Waals surface area contributed by atoms with E-state index in [2.05, 4.69) is 40.2 Å². The Labute approximate surface area is 197 Å². The van der Waals surface area contributed by atoms with Gasteiger partial charge in [0.2, 0.25) is 11.9 Å². The highest BCUT2D eigenvalue weighted by Gasteiger charge is 2.22. The molecule has 174 valence electrons. The summed E-state index contributed by atoms with van der Waals surface area (Å²) in [5.41, 5.74) is 1.94. The molecule has 1 amide bonds. The molecule has 4 heterocycles.